The Morgan fingerprint density at radius 1 is 1.18 bits per heavy atom. The Morgan fingerprint density at radius 2 is 1.96 bits per heavy atom. The van der Waals surface area contributed by atoms with Crippen molar-refractivity contribution in [2.45, 2.75) is 58.4 Å². The molecule has 28 heavy (non-hydrogen) atoms. The number of ether oxygens (including phenoxy) is 1. The summed E-state index contributed by atoms with van der Waals surface area (Å²) in [7, 11) is 0. The van der Waals surface area contributed by atoms with Gasteiger partial charge >= 0.3 is 5.97 Å². The van der Waals surface area contributed by atoms with E-state index in [-0.39, 0.29) is 0 Å². The molecule has 0 spiro atoms. The normalized spacial score (nSPS) is 15.2. The molecule has 0 N–H and O–H groups in total. The number of pyridine rings is 1. The number of aromatic nitrogens is 4. The molecule has 0 amide bonds. The lowest BCUT2D eigenvalue weighted by molar-refractivity contribution is 0.0518. The lowest BCUT2D eigenvalue weighted by atomic mass is 9.87. The second kappa shape index (κ2) is 7.95. The minimum absolute atomic E-state index is 0.320. The summed E-state index contributed by atoms with van der Waals surface area (Å²) in [6.45, 7) is 4.52. The second-order valence-electron chi connectivity index (χ2n) is 7.45. The molecular formula is C21H25ClN4O2. The highest BCUT2D eigenvalue weighted by Crippen LogP contribution is 2.33. The van der Waals surface area contributed by atoms with E-state index in [1.165, 1.54) is 32.1 Å². The summed E-state index contributed by atoms with van der Waals surface area (Å²) in [4.78, 5) is 12.0. The van der Waals surface area contributed by atoms with Crippen LogP contribution in [0.15, 0.2) is 24.3 Å². The predicted molar refractivity (Wildman–Crippen MR) is 108 cm³/mol. The van der Waals surface area contributed by atoms with Gasteiger partial charge in [-0.3, -0.25) is 4.68 Å². The average molecular weight is 401 g/mol. The quantitative estimate of drug-likeness (QED) is 0.579. The maximum Gasteiger partial charge on any atom is 0.358 e. The minimum Gasteiger partial charge on any atom is -0.461 e. The molecule has 1 aliphatic carbocycles. The van der Waals surface area contributed by atoms with Gasteiger partial charge in [0.15, 0.2) is 5.69 Å². The van der Waals surface area contributed by atoms with E-state index in [4.69, 9.17) is 21.4 Å². The van der Waals surface area contributed by atoms with E-state index < -0.39 is 5.97 Å². The monoisotopic (exact) mass is 400 g/mol. The number of esters is 1. The van der Waals surface area contributed by atoms with Gasteiger partial charge in [0.2, 0.25) is 0 Å². The number of hydrogen-bond donors (Lipinski definition) is 0. The zero-order chi connectivity index (χ0) is 19.7. The van der Waals surface area contributed by atoms with Gasteiger partial charge in [-0.05, 0) is 51.0 Å². The molecule has 0 unspecified atom stereocenters. The molecule has 0 radical (unpaired) electrons. The van der Waals surface area contributed by atoms with E-state index in [0.29, 0.717) is 29.8 Å². The Kier molecular flexibility index (Phi) is 5.40. The summed E-state index contributed by atoms with van der Waals surface area (Å²) in [6.07, 6.45) is 6.27. The zero-order valence-electron chi connectivity index (χ0n) is 16.3. The van der Waals surface area contributed by atoms with Crippen molar-refractivity contribution in [3.05, 3.63) is 52.1 Å². The van der Waals surface area contributed by atoms with Crippen LogP contribution < -0.4 is 0 Å². The summed E-state index contributed by atoms with van der Waals surface area (Å²) < 4.78 is 8.80. The molecule has 4 rings (SSSR count). The predicted octanol–water partition coefficient (Wildman–Crippen LogP) is 4.77. The molecule has 0 atom stereocenters. The molecule has 7 heteroatoms. The zero-order valence-corrected chi connectivity index (χ0v) is 17.1. The van der Waals surface area contributed by atoms with Gasteiger partial charge in [0.25, 0.3) is 0 Å². The number of rotatable bonds is 5. The molecule has 3 aromatic rings. The molecule has 0 aliphatic heterocycles. The molecule has 1 saturated carbocycles. The summed E-state index contributed by atoms with van der Waals surface area (Å²) in [5.74, 6) is 0.126. The van der Waals surface area contributed by atoms with Crippen LogP contribution in [-0.4, -0.2) is 32.0 Å². The van der Waals surface area contributed by atoms with Crippen LogP contribution in [0.4, 0.5) is 0 Å². The molecule has 3 heterocycles. The van der Waals surface area contributed by atoms with E-state index in [9.17, 15) is 4.79 Å². The molecule has 6 nitrogen and oxygen atoms in total. The fourth-order valence-corrected chi connectivity index (χ4v) is 4.23. The molecule has 148 valence electrons. The minimum atomic E-state index is -0.403. The third-order valence-electron chi connectivity index (χ3n) is 5.42. The van der Waals surface area contributed by atoms with Crippen LogP contribution in [0, 0.1) is 6.92 Å². The number of hydrogen-bond acceptors (Lipinski definition) is 4. The Hall–Kier alpha value is -2.34. The first-order valence-electron chi connectivity index (χ1n) is 9.95. The lowest BCUT2D eigenvalue weighted by Gasteiger charge is -2.19. The largest absolute Gasteiger partial charge is 0.461 e. The van der Waals surface area contributed by atoms with Crippen molar-refractivity contribution < 1.29 is 9.53 Å². The molecule has 0 aromatic carbocycles. The van der Waals surface area contributed by atoms with E-state index in [1.54, 1.807) is 17.7 Å². The SMILES string of the molecule is CCOC(=O)c1cc(C)n(Cc2cc(Cl)cc3cc(C4CCCCC4)nn23)n1. The van der Waals surface area contributed by atoms with Crippen LogP contribution in [0.3, 0.4) is 0 Å². The first-order valence-corrected chi connectivity index (χ1v) is 10.3. The van der Waals surface area contributed by atoms with Crippen LogP contribution >= 0.6 is 11.6 Å². The molecule has 1 fully saturated rings. The summed E-state index contributed by atoms with van der Waals surface area (Å²) in [6, 6.07) is 7.77. The van der Waals surface area contributed by atoms with Crippen LogP contribution in [0.1, 0.15) is 72.5 Å². The topological polar surface area (TPSA) is 61.4 Å². The van der Waals surface area contributed by atoms with Gasteiger partial charge in [0.1, 0.15) is 0 Å². The Morgan fingerprint density at radius 3 is 2.71 bits per heavy atom. The highest BCUT2D eigenvalue weighted by atomic mass is 35.5. The average Bonchev–Trinajstić information content (AvgIpc) is 3.27. The third kappa shape index (κ3) is 3.78. The van der Waals surface area contributed by atoms with Crippen LogP contribution in [-0.2, 0) is 11.3 Å². The van der Waals surface area contributed by atoms with Crippen molar-refractivity contribution in [2.75, 3.05) is 6.61 Å². The van der Waals surface area contributed by atoms with Crippen molar-refractivity contribution in [3.8, 4) is 0 Å². The smallest absolute Gasteiger partial charge is 0.358 e. The number of aryl methyl sites for hydroxylation is 1. The number of nitrogens with zero attached hydrogens (tertiary/aromatic N) is 4. The Balaban J connectivity index is 1.66. The summed E-state index contributed by atoms with van der Waals surface area (Å²) >= 11 is 6.38. The molecule has 3 aromatic heterocycles. The Bertz CT molecular complexity index is 1000. The van der Waals surface area contributed by atoms with Crippen LogP contribution in [0.25, 0.3) is 5.52 Å². The van der Waals surface area contributed by atoms with E-state index >= 15 is 0 Å². The van der Waals surface area contributed by atoms with E-state index in [0.717, 1.165) is 22.6 Å². The maximum absolute atomic E-state index is 12.0. The number of carbonyl (C=O) groups is 1. The fourth-order valence-electron chi connectivity index (χ4n) is 3.99. The number of halogens is 1. The van der Waals surface area contributed by atoms with Crippen molar-refractivity contribution in [3.63, 3.8) is 0 Å². The van der Waals surface area contributed by atoms with Gasteiger partial charge in [-0.1, -0.05) is 30.9 Å². The fraction of sp³-hybridized carbons (Fsp3) is 0.476. The molecule has 0 saturated heterocycles. The molecule has 0 bridgehead atoms. The van der Waals surface area contributed by atoms with Crippen molar-refractivity contribution in [1.82, 2.24) is 19.4 Å². The van der Waals surface area contributed by atoms with Crippen LogP contribution in [0.5, 0.6) is 0 Å². The van der Waals surface area contributed by atoms with Gasteiger partial charge in [0, 0.05) is 16.6 Å². The van der Waals surface area contributed by atoms with Crippen molar-refractivity contribution in [2.24, 2.45) is 0 Å². The van der Waals surface area contributed by atoms with Gasteiger partial charge in [-0.25, -0.2) is 9.31 Å². The van der Waals surface area contributed by atoms with Gasteiger partial charge in [-0.15, -0.1) is 0 Å². The first-order chi connectivity index (χ1) is 13.5. The van der Waals surface area contributed by atoms with Gasteiger partial charge < -0.3 is 4.74 Å². The van der Waals surface area contributed by atoms with Crippen LogP contribution in [0.2, 0.25) is 5.02 Å². The van der Waals surface area contributed by atoms with Gasteiger partial charge in [-0.2, -0.15) is 10.2 Å². The number of fused-ring (bicyclic) bond motifs is 1. The highest BCUT2D eigenvalue weighted by Gasteiger charge is 2.20. The summed E-state index contributed by atoms with van der Waals surface area (Å²) in [5, 5.41) is 9.99. The maximum atomic E-state index is 12.0. The molecule has 1 aliphatic rings. The Labute approximate surface area is 169 Å². The van der Waals surface area contributed by atoms with Gasteiger partial charge in [0.05, 0.1) is 30.1 Å². The highest BCUT2D eigenvalue weighted by molar-refractivity contribution is 6.31. The standard InChI is InChI=1S/C21H25ClN4O2/c1-3-28-21(27)20-9-14(2)25(23-20)13-18-11-16(22)10-17-12-19(24-26(17)18)15-7-5-4-6-8-15/h9-12,15H,3-8,13H2,1-2H3. The van der Waals surface area contributed by atoms with Crippen molar-refractivity contribution >= 4 is 23.1 Å². The number of carbonyl (C=O) groups excluding carboxylic acids is 1. The lowest BCUT2D eigenvalue weighted by Crippen LogP contribution is -2.11. The third-order valence-corrected chi connectivity index (χ3v) is 5.64. The van der Waals surface area contributed by atoms with E-state index in [1.807, 2.05) is 23.6 Å². The second-order valence-corrected chi connectivity index (χ2v) is 7.89. The van der Waals surface area contributed by atoms with Crippen molar-refractivity contribution in [1.29, 1.82) is 0 Å². The summed E-state index contributed by atoms with van der Waals surface area (Å²) in [5.41, 5.74) is 4.29. The first kappa shape index (κ1) is 19.0. The van der Waals surface area contributed by atoms with E-state index in [2.05, 4.69) is 11.2 Å². The molecular weight excluding hydrogens is 376 g/mol.